The van der Waals surface area contributed by atoms with Crippen LogP contribution in [0.2, 0.25) is 0 Å². The molecular weight excluding hydrogens is 306 g/mol. The van der Waals surface area contributed by atoms with E-state index in [9.17, 15) is 4.79 Å². The van der Waals surface area contributed by atoms with Crippen molar-refractivity contribution < 1.29 is 4.79 Å². The summed E-state index contributed by atoms with van der Waals surface area (Å²) < 4.78 is 0. The zero-order valence-corrected chi connectivity index (χ0v) is 15.3. The Morgan fingerprint density at radius 2 is 1.87 bits per heavy atom. The van der Waals surface area contributed by atoms with Crippen LogP contribution in [0.4, 0.5) is 11.4 Å². The van der Waals surface area contributed by atoms with Crippen molar-refractivity contribution in [3.05, 3.63) is 24.3 Å². The molecule has 0 aromatic heterocycles. The molecular formula is C18H27N3OS. The van der Waals surface area contributed by atoms with E-state index in [4.69, 9.17) is 12.2 Å². The maximum atomic E-state index is 11.9. The van der Waals surface area contributed by atoms with Gasteiger partial charge >= 0.3 is 0 Å². The Bertz CT molecular complexity index is 563. The second-order valence-electron chi connectivity index (χ2n) is 7.24. The molecule has 1 amide bonds. The molecule has 0 radical (unpaired) electrons. The zero-order chi connectivity index (χ0) is 17.0. The summed E-state index contributed by atoms with van der Waals surface area (Å²) in [7, 11) is 0. The number of hydrogen-bond acceptors (Lipinski definition) is 3. The van der Waals surface area contributed by atoms with Crippen LogP contribution in [-0.2, 0) is 4.79 Å². The fourth-order valence-corrected chi connectivity index (χ4v) is 2.88. The van der Waals surface area contributed by atoms with Gasteiger partial charge in [0.05, 0.1) is 0 Å². The van der Waals surface area contributed by atoms with E-state index < -0.39 is 5.41 Å². The minimum absolute atomic E-state index is 0.0891. The molecule has 1 atom stereocenters. The minimum atomic E-state index is -0.458. The number of anilines is 2. The maximum absolute atomic E-state index is 11.9. The van der Waals surface area contributed by atoms with E-state index in [1.54, 1.807) is 0 Å². The zero-order valence-electron chi connectivity index (χ0n) is 14.5. The average molecular weight is 334 g/mol. The Morgan fingerprint density at radius 3 is 2.43 bits per heavy atom. The molecule has 1 heterocycles. The van der Waals surface area contributed by atoms with Crippen LogP contribution in [0.1, 0.15) is 47.0 Å². The van der Waals surface area contributed by atoms with Gasteiger partial charge in [-0.15, -0.1) is 0 Å². The van der Waals surface area contributed by atoms with Crippen LogP contribution in [-0.4, -0.2) is 23.6 Å². The third-order valence-electron chi connectivity index (χ3n) is 4.17. The van der Waals surface area contributed by atoms with Crippen molar-refractivity contribution >= 4 is 34.6 Å². The van der Waals surface area contributed by atoms with Gasteiger partial charge < -0.3 is 15.5 Å². The van der Waals surface area contributed by atoms with Gasteiger partial charge in [-0.05, 0) is 62.7 Å². The molecule has 1 fully saturated rings. The van der Waals surface area contributed by atoms with E-state index in [2.05, 4.69) is 34.6 Å². The second-order valence-corrected chi connectivity index (χ2v) is 7.65. The molecule has 126 valence electrons. The molecule has 2 N–H and O–H groups in total. The van der Waals surface area contributed by atoms with Crippen molar-refractivity contribution in [2.45, 2.75) is 53.0 Å². The molecule has 1 unspecified atom stereocenters. The monoisotopic (exact) mass is 333 g/mol. The summed E-state index contributed by atoms with van der Waals surface area (Å²) in [5.74, 6) is -0.0891. The van der Waals surface area contributed by atoms with Crippen LogP contribution in [0.15, 0.2) is 24.3 Å². The Hall–Kier alpha value is -1.62. The van der Waals surface area contributed by atoms with E-state index in [-0.39, 0.29) is 5.91 Å². The quantitative estimate of drug-likeness (QED) is 0.805. The number of amides is 1. The van der Waals surface area contributed by atoms with Gasteiger partial charge in [0.1, 0.15) is 0 Å². The molecule has 23 heavy (non-hydrogen) atoms. The van der Waals surface area contributed by atoms with Crippen LogP contribution in [0.25, 0.3) is 0 Å². The van der Waals surface area contributed by atoms with Gasteiger partial charge in [-0.1, -0.05) is 20.8 Å². The van der Waals surface area contributed by atoms with Crippen molar-refractivity contribution in [3.8, 4) is 0 Å². The largest absolute Gasteiger partial charge is 0.369 e. The van der Waals surface area contributed by atoms with Crippen molar-refractivity contribution in [2.24, 2.45) is 5.41 Å². The van der Waals surface area contributed by atoms with Crippen molar-refractivity contribution in [1.29, 1.82) is 0 Å². The number of carbonyl (C=O) groups excluding carboxylic acids is 1. The van der Waals surface area contributed by atoms with Gasteiger partial charge in [-0.2, -0.15) is 0 Å². The summed E-state index contributed by atoms with van der Waals surface area (Å²) in [4.78, 5) is 14.4. The predicted molar refractivity (Wildman–Crippen MR) is 101 cm³/mol. The smallest absolute Gasteiger partial charge is 0.231 e. The molecule has 2 rings (SSSR count). The third-order valence-corrected chi connectivity index (χ3v) is 4.37. The first-order valence-electron chi connectivity index (χ1n) is 8.26. The lowest BCUT2D eigenvalue weighted by Gasteiger charge is -2.35. The van der Waals surface area contributed by atoms with Crippen LogP contribution < -0.4 is 15.5 Å². The normalized spacial score (nSPS) is 18.4. The first-order chi connectivity index (χ1) is 10.8. The summed E-state index contributed by atoms with van der Waals surface area (Å²) in [5.41, 5.74) is 1.67. The summed E-state index contributed by atoms with van der Waals surface area (Å²) >= 11 is 5.20. The van der Waals surface area contributed by atoms with Gasteiger partial charge in [0.25, 0.3) is 0 Å². The standard InChI is InChI=1S/C18H27N3OS/c1-13-7-5-6-12-21(13)15-10-8-14(9-11-15)19-17(23)20-16(22)18(2,3)4/h8-11,13H,5-7,12H2,1-4H3,(H2,19,20,22,23). The van der Waals surface area contributed by atoms with Gasteiger partial charge in [-0.3, -0.25) is 4.79 Å². The molecule has 0 saturated carbocycles. The minimum Gasteiger partial charge on any atom is -0.369 e. The molecule has 5 heteroatoms. The number of nitrogens with zero attached hydrogens (tertiary/aromatic N) is 1. The van der Waals surface area contributed by atoms with E-state index >= 15 is 0 Å². The number of benzene rings is 1. The van der Waals surface area contributed by atoms with Crippen molar-refractivity contribution in [1.82, 2.24) is 5.32 Å². The highest BCUT2D eigenvalue weighted by Crippen LogP contribution is 2.25. The number of carbonyl (C=O) groups is 1. The Balaban J connectivity index is 1.94. The fourth-order valence-electron chi connectivity index (χ4n) is 2.67. The average Bonchev–Trinajstić information content (AvgIpc) is 2.47. The second kappa shape index (κ2) is 7.30. The molecule has 1 aromatic rings. The predicted octanol–water partition coefficient (Wildman–Crippen LogP) is 3.92. The Labute approximate surface area is 144 Å². The highest BCUT2D eigenvalue weighted by atomic mass is 32.1. The Kier molecular flexibility index (Phi) is 5.63. The number of nitrogens with one attached hydrogen (secondary N) is 2. The highest BCUT2D eigenvalue weighted by Gasteiger charge is 2.22. The van der Waals surface area contributed by atoms with Crippen LogP contribution >= 0.6 is 12.2 Å². The lowest BCUT2D eigenvalue weighted by Crippen LogP contribution is -2.41. The first kappa shape index (κ1) is 17.7. The Morgan fingerprint density at radius 1 is 1.22 bits per heavy atom. The summed E-state index contributed by atoms with van der Waals surface area (Å²) in [6.45, 7) is 8.98. The van der Waals surface area contributed by atoms with Crippen molar-refractivity contribution in [3.63, 3.8) is 0 Å². The topological polar surface area (TPSA) is 44.4 Å². The van der Waals surface area contributed by atoms with Crippen molar-refractivity contribution in [2.75, 3.05) is 16.8 Å². The first-order valence-corrected chi connectivity index (χ1v) is 8.67. The van der Waals surface area contributed by atoms with E-state index in [1.165, 1.54) is 24.9 Å². The van der Waals surface area contributed by atoms with Crippen LogP contribution in [0, 0.1) is 5.41 Å². The molecule has 0 spiro atoms. The highest BCUT2D eigenvalue weighted by molar-refractivity contribution is 7.80. The number of piperidine rings is 1. The number of rotatable bonds is 2. The van der Waals surface area contributed by atoms with E-state index in [1.807, 2.05) is 32.9 Å². The molecule has 4 nitrogen and oxygen atoms in total. The lowest BCUT2D eigenvalue weighted by molar-refractivity contribution is -0.126. The molecule has 0 aliphatic carbocycles. The number of thiocarbonyl (C=S) groups is 1. The molecule has 0 bridgehead atoms. The van der Waals surface area contributed by atoms with Gasteiger partial charge in [0, 0.05) is 29.4 Å². The fraction of sp³-hybridized carbons (Fsp3) is 0.556. The van der Waals surface area contributed by atoms with Crippen LogP contribution in [0.5, 0.6) is 0 Å². The maximum Gasteiger partial charge on any atom is 0.231 e. The van der Waals surface area contributed by atoms with Gasteiger partial charge in [0.2, 0.25) is 5.91 Å². The lowest BCUT2D eigenvalue weighted by atomic mass is 9.96. The third kappa shape index (κ3) is 4.93. The van der Waals surface area contributed by atoms with Gasteiger partial charge in [0.15, 0.2) is 5.11 Å². The molecule has 1 saturated heterocycles. The molecule has 1 aliphatic rings. The van der Waals surface area contributed by atoms with Gasteiger partial charge in [-0.25, -0.2) is 0 Å². The summed E-state index contributed by atoms with van der Waals surface area (Å²) in [6.07, 6.45) is 3.83. The summed E-state index contributed by atoms with van der Waals surface area (Å²) in [6, 6.07) is 8.82. The number of hydrogen-bond donors (Lipinski definition) is 2. The van der Waals surface area contributed by atoms with E-state index in [0.717, 1.165) is 12.2 Å². The summed E-state index contributed by atoms with van der Waals surface area (Å²) in [5, 5.41) is 6.13. The van der Waals surface area contributed by atoms with Crippen LogP contribution in [0.3, 0.4) is 0 Å². The molecule has 1 aliphatic heterocycles. The molecule has 1 aromatic carbocycles. The SMILES string of the molecule is CC1CCCCN1c1ccc(NC(=S)NC(=O)C(C)(C)C)cc1. The van der Waals surface area contributed by atoms with E-state index in [0.29, 0.717) is 11.2 Å².